The molecular weight excluding hydrogens is 224 g/mol. The predicted octanol–water partition coefficient (Wildman–Crippen LogP) is 2.71. The van der Waals surface area contributed by atoms with Crippen LogP contribution in [0.3, 0.4) is 0 Å². The highest BCUT2D eigenvalue weighted by Crippen LogP contribution is 2.14. The zero-order chi connectivity index (χ0) is 12.8. The van der Waals surface area contributed by atoms with E-state index in [1.807, 2.05) is 36.4 Å². The number of hydrogen-bond donors (Lipinski definition) is 0. The van der Waals surface area contributed by atoms with E-state index in [9.17, 15) is 9.59 Å². The van der Waals surface area contributed by atoms with E-state index in [0.717, 1.165) is 5.56 Å². The van der Waals surface area contributed by atoms with Crippen LogP contribution in [-0.2, 0) is 16.0 Å². The van der Waals surface area contributed by atoms with Gasteiger partial charge in [0.1, 0.15) is 11.5 Å². The maximum Gasteiger partial charge on any atom is 0.178 e. The summed E-state index contributed by atoms with van der Waals surface area (Å²) in [5, 5.41) is 0. The Hall–Kier alpha value is -2.44. The highest BCUT2D eigenvalue weighted by atomic mass is 16.1. The van der Waals surface area contributed by atoms with E-state index < -0.39 is 0 Å². The molecule has 2 aromatic rings. The van der Waals surface area contributed by atoms with Crippen molar-refractivity contribution in [2.75, 3.05) is 0 Å². The second-order valence-electron chi connectivity index (χ2n) is 3.93. The lowest BCUT2D eigenvalue weighted by atomic mass is 9.98. The van der Waals surface area contributed by atoms with Crippen molar-refractivity contribution in [1.29, 1.82) is 0 Å². The van der Waals surface area contributed by atoms with Gasteiger partial charge in [-0.2, -0.15) is 0 Å². The van der Waals surface area contributed by atoms with Gasteiger partial charge in [0.05, 0.1) is 0 Å². The van der Waals surface area contributed by atoms with Gasteiger partial charge in [0.25, 0.3) is 0 Å². The number of Topliss-reactive ketones (excluding diaryl/α,β-unsaturated/α-hetero) is 1. The second-order valence-corrected chi connectivity index (χ2v) is 3.93. The van der Waals surface area contributed by atoms with Crippen LogP contribution in [0, 0.1) is 0 Å². The van der Waals surface area contributed by atoms with E-state index in [2.05, 4.69) is 0 Å². The summed E-state index contributed by atoms with van der Waals surface area (Å²) >= 11 is 0. The number of allylic oxidation sites excluding steroid dienone is 1. The summed E-state index contributed by atoms with van der Waals surface area (Å²) in [6, 6.07) is 18.3. The van der Waals surface area contributed by atoms with Gasteiger partial charge in [0, 0.05) is 6.42 Å². The molecule has 0 fully saturated rings. The number of benzene rings is 2. The van der Waals surface area contributed by atoms with E-state index in [1.165, 1.54) is 0 Å². The van der Waals surface area contributed by atoms with Crippen molar-refractivity contribution in [3.05, 3.63) is 71.8 Å². The van der Waals surface area contributed by atoms with Gasteiger partial charge in [-0.25, -0.2) is 4.79 Å². The SMILES string of the molecule is O=C=C(C(=O)Cc1ccccc1)c1ccccc1. The zero-order valence-electron chi connectivity index (χ0n) is 9.80. The van der Waals surface area contributed by atoms with Gasteiger partial charge in [-0.3, -0.25) is 4.79 Å². The van der Waals surface area contributed by atoms with Crippen molar-refractivity contribution in [3.63, 3.8) is 0 Å². The highest BCUT2D eigenvalue weighted by Gasteiger charge is 2.13. The highest BCUT2D eigenvalue weighted by molar-refractivity contribution is 6.29. The quantitative estimate of drug-likeness (QED) is 0.604. The van der Waals surface area contributed by atoms with Gasteiger partial charge in [0.2, 0.25) is 0 Å². The molecule has 2 nitrogen and oxygen atoms in total. The largest absolute Gasteiger partial charge is 0.293 e. The minimum Gasteiger partial charge on any atom is -0.293 e. The van der Waals surface area contributed by atoms with Crippen molar-refractivity contribution < 1.29 is 9.59 Å². The van der Waals surface area contributed by atoms with Crippen molar-refractivity contribution in [2.24, 2.45) is 0 Å². The minimum absolute atomic E-state index is 0.111. The van der Waals surface area contributed by atoms with E-state index in [-0.39, 0.29) is 17.8 Å². The Morgan fingerprint density at radius 2 is 1.44 bits per heavy atom. The summed E-state index contributed by atoms with van der Waals surface area (Å²) in [6.45, 7) is 0. The van der Waals surface area contributed by atoms with E-state index >= 15 is 0 Å². The van der Waals surface area contributed by atoms with Crippen LogP contribution in [0.2, 0.25) is 0 Å². The van der Waals surface area contributed by atoms with Crippen LogP contribution >= 0.6 is 0 Å². The molecule has 0 aliphatic carbocycles. The lowest BCUT2D eigenvalue weighted by Crippen LogP contribution is -2.06. The fourth-order valence-electron chi connectivity index (χ4n) is 1.75. The molecule has 0 spiro atoms. The molecule has 0 bridgehead atoms. The maximum absolute atomic E-state index is 12.0. The van der Waals surface area contributed by atoms with Crippen LogP contribution in [0.1, 0.15) is 11.1 Å². The molecule has 2 rings (SSSR count). The molecule has 0 saturated carbocycles. The number of carbonyl (C=O) groups excluding carboxylic acids is 2. The molecule has 0 N–H and O–H groups in total. The van der Waals surface area contributed by atoms with Crippen molar-refractivity contribution in [1.82, 2.24) is 0 Å². The molecule has 0 saturated heterocycles. The summed E-state index contributed by atoms with van der Waals surface area (Å²) in [5.74, 6) is 1.55. The molecule has 0 aliphatic heterocycles. The first-order chi connectivity index (χ1) is 8.81. The molecule has 0 aromatic heterocycles. The van der Waals surface area contributed by atoms with Crippen molar-refractivity contribution in [2.45, 2.75) is 6.42 Å². The molecule has 88 valence electrons. The third-order valence-electron chi connectivity index (χ3n) is 2.65. The fourth-order valence-corrected chi connectivity index (χ4v) is 1.75. The van der Waals surface area contributed by atoms with Crippen LogP contribution in [0.25, 0.3) is 5.57 Å². The molecule has 0 unspecified atom stereocenters. The Labute approximate surface area is 106 Å². The number of hydrogen-bond acceptors (Lipinski definition) is 2. The maximum atomic E-state index is 12.0. The summed E-state index contributed by atoms with van der Waals surface area (Å²) in [5.41, 5.74) is 1.62. The molecule has 0 heterocycles. The number of ketones is 1. The van der Waals surface area contributed by atoms with Gasteiger partial charge in [-0.1, -0.05) is 60.7 Å². The molecular formula is C16H12O2. The lowest BCUT2D eigenvalue weighted by Gasteiger charge is -2.03. The third kappa shape index (κ3) is 2.82. The van der Waals surface area contributed by atoms with Crippen LogP contribution in [0.15, 0.2) is 60.7 Å². The van der Waals surface area contributed by atoms with Gasteiger partial charge < -0.3 is 0 Å². The van der Waals surface area contributed by atoms with E-state index in [0.29, 0.717) is 5.56 Å². The number of carbonyl (C=O) groups is 1. The Morgan fingerprint density at radius 1 is 0.889 bits per heavy atom. The summed E-state index contributed by atoms with van der Waals surface area (Å²) < 4.78 is 0. The predicted molar refractivity (Wildman–Crippen MR) is 70.7 cm³/mol. The Kier molecular flexibility index (Phi) is 3.85. The summed E-state index contributed by atoms with van der Waals surface area (Å²) in [4.78, 5) is 23.0. The average Bonchev–Trinajstić information content (AvgIpc) is 2.42. The summed E-state index contributed by atoms with van der Waals surface area (Å²) in [6.07, 6.45) is 0.223. The molecule has 0 atom stereocenters. The topological polar surface area (TPSA) is 34.1 Å². The molecule has 0 aliphatic rings. The Bertz CT molecular complexity index is 579. The van der Waals surface area contributed by atoms with Crippen LogP contribution in [0.5, 0.6) is 0 Å². The second kappa shape index (κ2) is 5.76. The van der Waals surface area contributed by atoms with Crippen molar-refractivity contribution in [3.8, 4) is 0 Å². The lowest BCUT2D eigenvalue weighted by molar-refractivity contribution is -0.113. The molecule has 0 radical (unpaired) electrons. The summed E-state index contributed by atoms with van der Waals surface area (Å²) in [7, 11) is 0. The average molecular weight is 236 g/mol. The van der Waals surface area contributed by atoms with Crippen LogP contribution in [0.4, 0.5) is 0 Å². The van der Waals surface area contributed by atoms with Gasteiger partial charge in [-0.15, -0.1) is 0 Å². The minimum atomic E-state index is -0.206. The van der Waals surface area contributed by atoms with Gasteiger partial charge >= 0.3 is 0 Å². The molecule has 2 heteroatoms. The first-order valence-electron chi connectivity index (χ1n) is 5.69. The first-order valence-corrected chi connectivity index (χ1v) is 5.69. The fraction of sp³-hybridized carbons (Fsp3) is 0.0625. The van der Waals surface area contributed by atoms with E-state index in [4.69, 9.17) is 0 Å². The normalized spacial score (nSPS) is 9.56. The monoisotopic (exact) mass is 236 g/mol. The third-order valence-corrected chi connectivity index (χ3v) is 2.65. The standard InChI is InChI=1S/C16H12O2/c17-12-15(14-9-5-2-6-10-14)16(18)11-13-7-3-1-4-8-13/h1-10H,11H2. The van der Waals surface area contributed by atoms with E-state index in [1.54, 1.807) is 30.2 Å². The zero-order valence-corrected chi connectivity index (χ0v) is 9.80. The van der Waals surface area contributed by atoms with Gasteiger partial charge in [-0.05, 0) is 11.1 Å². The first kappa shape index (κ1) is 12.0. The van der Waals surface area contributed by atoms with Crippen LogP contribution in [-0.4, -0.2) is 11.7 Å². The molecule has 0 amide bonds. The number of rotatable bonds is 4. The smallest absolute Gasteiger partial charge is 0.178 e. The van der Waals surface area contributed by atoms with Gasteiger partial charge in [0.15, 0.2) is 5.78 Å². The molecule has 2 aromatic carbocycles. The van der Waals surface area contributed by atoms with Crippen LogP contribution < -0.4 is 0 Å². The Balaban J connectivity index is 2.21. The molecule has 18 heavy (non-hydrogen) atoms. The Morgan fingerprint density at radius 3 is 2.00 bits per heavy atom. The van der Waals surface area contributed by atoms with Crippen molar-refractivity contribution >= 4 is 17.3 Å².